The van der Waals surface area contributed by atoms with Gasteiger partial charge in [-0.2, -0.15) is 0 Å². The molecule has 22 heavy (non-hydrogen) atoms. The van der Waals surface area contributed by atoms with Gasteiger partial charge in [-0.3, -0.25) is 9.59 Å². The van der Waals surface area contributed by atoms with E-state index in [9.17, 15) is 9.59 Å². The molecule has 1 heterocycles. The fourth-order valence-electron chi connectivity index (χ4n) is 2.10. The minimum Gasteiger partial charge on any atom is -0.480 e. The number of carboxylic acids is 1. The lowest BCUT2D eigenvalue weighted by atomic mass is 10.1. The van der Waals surface area contributed by atoms with Crippen molar-refractivity contribution in [3.8, 4) is 11.5 Å². The molecular weight excluding hydrogens is 286 g/mol. The van der Waals surface area contributed by atoms with E-state index in [0.29, 0.717) is 17.9 Å². The quantitative estimate of drug-likeness (QED) is 0.815. The Morgan fingerprint density at radius 1 is 1.36 bits per heavy atom. The van der Waals surface area contributed by atoms with E-state index in [1.165, 1.54) is 11.0 Å². The Labute approximate surface area is 128 Å². The number of hydrogen-bond acceptors (Lipinski definition) is 4. The number of hydrogen-bond donors (Lipinski definition) is 1. The van der Waals surface area contributed by atoms with Gasteiger partial charge in [0.05, 0.1) is 0 Å². The zero-order chi connectivity index (χ0) is 16.1. The van der Waals surface area contributed by atoms with Gasteiger partial charge in [0.1, 0.15) is 6.54 Å². The van der Waals surface area contributed by atoms with Crippen molar-refractivity contribution >= 4 is 18.0 Å². The van der Waals surface area contributed by atoms with E-state index in [4.69, 9.17) is 14.6 Å². The third-order valence-electron chi connectivity index (χ3n) is 3.53. The topological polar surface area (TPSA) is 76.1 Å². The summed E-state index contributed by atoms with van der Waals surface area (Å²) in [5.41, 5.74) is 0.789. The van der Waals surface area contributed by atoms with Crippen molar-refractivity contribution in [1.29, 1.82) is 0 Å². The number of carbonyl (C=O) groups is 2. The second-order valence-electron chi connectivity index (χ2n) is 5.06. The second kappa shape index (κ2) is 6.98. The number of rotatable bonds is 6. The number of ether oxygens (including phenoxy) is 2. The van der Waals surface area contributed by atoms with E-state index in [1.54, 1.807) is 18.2 Å². The van der Waals surface area contributed by atoms with Gasteiger partial charge in [0, 0.05) is 12.1 Å². The van der Waals surface area contributed by atoms with Crippen molar-refractivity contribution in [2.75, 3.05) is 13.3 Å². The van der Waals surface area contributed by atoms with Crippen molar-refractivity contribution in [3.05, 3.63) is 29.8 Å². The first-order chi connectivity index (χ1) is 10.5. The van der Waals surface area contributed by atoms with E-state index in [2.05, 4.69) is 0 Å². The standard InChI is InChI=1S/C16H19NO5/c1-3-11(2)17(9-16(19)20)15(18)7-5-12-4-6-13-14(8-12)22-10-21-13/h4-8,11H,3,9-10H2,1-2H3,(H,19,20)/b7-5+. The molecule has 1 aromatic rings. The summed E-state index contributed by atoms with van der Waals surface area (Å²) in [5.74, 6) is -0.0333. The molecule has 6 heteroatoms. The molecular formula is C16H19NO5. The number of nitrogens with zero attached hydrogens (tertiary/aromatic N) is 1. The fraction of sp³-hybridized carbons (Fsp3) is 0.375. The van der Waals surface area contributed by atoms with Gasteiger partial charge in [-0.05, 0) is 37.1 Å². The van der Waals surface area contributed by atoms with Crippen LogP contribution in [0, 0.1) is 0 Å². The maximum absolute atomic E-state index is 12.2. The van der Waals surface area contributed by atoms with E-state index in [1.807, 2.05) is 19.9 Å². The van der Waals surface area contributed by atoms with Crippen LogP contribution in [0.3, 0.4) is 0 Å². The highest BCUT2D eigenvalue weighted by atomic mass is 16.7. The summed E-state index contributed by atoms with van der Waals surface area (Å²) >= 11 is 0. The van der Waals surface area contributed by atoms with Gasteiger partial charge in [-0.15, -0.1) is 0 Å². The van der Waals surface area contributed by atoms with Crippen LogP contribution in [-0.4, -0.2) is 41.3 Å². The average Bonchev–Trinajstić information content (AvgIpc) is 2.96. The lowest BCUT2D eigenvalue weighted by molar-refractivity contribution is -0.144. The number of aliphatic carboxylic acids is 1. The highest BCUT2D eigenvalue weighted by Gasteiger charge is 2.19. The molecule has 0 saturated carbocycles. The molecule has 1 amide bonds. The molecule has 0 aromatic heterocycles. The van der Waals surface area contributed by atoms with Gasteiger partial charge in [0.25, 0.3) is 0 Å². The predicted molar refractivity (Wildman–Crippen MR) is 80.7 cm³/mol. The summed E-state index contributed by atoms with van der Waals surface area (Å²) < 4.78 is 10.5. The maximum atomic E-state index is 12.2. The molecule has 1 unspecified atom stereocenters. The first-order valence-corrected chi connectivity index (χ1v) is 7.11. The monoisotopic (exact) mass is 305 g/mol. The zero-order valence-electron chi connectivity index (χ0n) is 12.6. The Kier molecular flexibility index (Phi) is 5.04. The minimum absolute atomic E-state index is 0.134. The van der Waals surface area contributed by atoms with Gasteiger partial charge >= 0.3 is 5.97 Å². The molecule has 1 aromatic carbocycles. The second-order valence-corrected chi connectivity index (χ2v) is 5.06. The third kappa shape index (κ3) is 3.78. The number of fused-ring (bicyclic) bond motifs is 1. The van der Waals surface area contributed by atoms with E-state index >= 15 is 0 Å². The zero-order valence-corrected chi connectivity index (χ0v) is 12.6. The molecule has 0 fully saturated rings. The largest absolute Gasteiger partial charge is 0.480 e. The van der Waals surface area contributed by atoms with Crippen LogP contribution in [0.4, 0.5) is 0 Å². The predicted octanol–water partition coefficient (Wildman–Crippen LogP) is 2.14. The molecule has 2 rings (SSSR count). The SMILES string of the molecule is CCC(C)N(CC(=O)O)C(=O)/C=C/c1ccc2c(c1)OCO2. The third-order valence-corrected chi connectivity index (χ3v) is 3.53. The van der Waals surface area contributed by atoms with Crippen molar-refractivity contribution in [3.63, 3.8) is 0 Å². The summed E-state index contributed by atoms with van der Waals surface area (Å²) in [6.07, 6.45) is 3.71. The normalized spacial score (nSPS) is 14.1. The number of benzene rings is 1. The Bertz CT molecular complexity index is 596. The molecule has 1 atom stereocenters. The summed E-state index contributed by atoms with van der Waals surface area (Å²) in [4.78, 5) is 24.4. The molecule has 0 radical (unpaired) electrons. The Hall–Kier alpha value is -2.50. The first-order valence-electron chi connectivity index (χ1n) is 7.11. The van der Waals surface area contributed by atoms with Crippen molar-refractivity contribution in [2.45, 2.75) is 26.3 Å². The molecule has 118 valence electrons. The summed E-state index contributed by atoms with van der Waals surface area (Å²) in [6.45, 7) is 3.63. The van der Waals surface area contributed by atoms with Crippen LogP contribution in [-0.2, 0) is 9.59 Å². The Morgan fingerprint density at radius 3 is 2.77 bits per heavy atom. The molecule has 6 nitrogen and oxygen atoms in total. The van der Waals surface area contributed by atoms with Crippen LogP contribution in [0.15, 0.2) is 24.3 Å². The molecule has 0 bridgehead atoms. The smallest absolute Gasteiger partial charge is 0.323 e. The van der Waals surface area contributed by atoms with Crippen molar-refractivity contribution < 1.29 is 24.2 Å². The van der Waals surface area contributed by atoms with Crippen LogP contribution in [0.25, 0.3) is 6.08 Å². The van der Waals surface area contributed by atoms with Crippen molar-refractivity contribution in [1.82, 2.24) is 4.90 Å². The molecule has 1 aliphatic heterocycles. The lowest BCUT2D eigenvalue weighted by Gasteiger charge is -2.25. The number of carboxylic acid groups (broad SMARTS) is 1. The van der Waals surface area contributed by atoms with Gasteiger partial charge in [-0.1, -0.05) is 13.0 Å². The van der Waals surface area contributed by atoms with Crippen LogP contribution < -0.4 is 9.47 Å². The highest BCUT2D eigenvalue weighted by molar-refractivity contribution is 5.93. The first kappa shape index (κ1) is 15.9. The van der Waals surface area contributed by atoms with E-state index in [0.717, 1.165) is 5.56 Å². The molecule has 1 N–H and O–H groups in total. The van der Waals surface area contributed by atoms with Crippen LogP contribution >= 0.6 is 0 Å². The Morgan fingerprint density at radius 2 is 2.09 bits per heavy atom. The number of amides is 1. The van der Waals surface area contributed by atoms with E-state index < -0.39 is 5.97 Å². The molecule has 0 spiro atoms. The summed E-state index contributed by atoms with van der Waals surface area (Å²) in [7, 11) is 0. The Balaban J connectivity index is 2.09. The summed E-state index contributed by atoms with van der Waals surface area (Å²) in [6, 6.07) is 5.22. The molecule has 1 aliphatic rings. The molecule has 0 saturated heterocycles. The summed E-state index contributed by atoms with van der Waals surface area (Å²) in [5, 5.41) is 8.92. The van der Waals surface area contributed by atoms with Gasteiger partial charge in [0.15, 0.2) is 11.5 Å². The molecule has 0 aliphatic carbocycles. The van der Waals surface area contributed by atoms with Crippen LogP contribution in [0.1, 0.15) is 25.8 Å². The lowest BCUT2D eigenvalue weighted by Crippen LogP contribution is -2.40. The maximum Gasteiger partial charge on any atom is 0.323 e. The fourth-order valence-corrected chi connectivity index (χ4v) is 2.10. The van der Waals surface area contributed by atoms with E-state index in [-0.39, 0.29) is 25.3 Å². The van der Waals surface area contributed by atoms with Gasteiger partial charge in [-0.25, -0.2) is 0 Å². The highest BCUT2D eigenvalue weighted by Crippen LogP contribution is 2.32. The van der Waals surface area contributed by atoms with Crippen LogP contribution in [0.5, 0.6) is 11.5 Å². The average molecular weight is 305 g/mol. The van der Waals surface area contributed by atoms with Crippen LogP contribution in [0.2, 0.25) is 0 Å². The minimum atomic E-state index is -1.02. The van der Waals surface area contributed by atoms with Gasteiger partial charge in [0.2, 0.25) is 12.7 Å². The number of carbonyl (C=O) groups excluding carboxylic acids is 1. The van der Waals surface area contributed by atoms with Gasteiger partial charge < -0.3 is 19.5 Å². The van der Waals surface area contributed by atoms with Crippen molar-refractivity contribution in [2.24, 2.45) is 0 Å².